The van der Waals surface area contributed by atoms with Crippen molar-refractivity contribution in [3.05, 3.63) is 47.2 Å². The Hall–Kier alpha value is -2.28. The highest BCUT2D eigenvalue weighted by atomic mass is 19.1. The van der Waals surface area contributed by atoms with Crippen LogP contribution in [-0.4, -0.2) is 55.1 Å². The molecule has 0 saturated carbocycles. The summed E-state index contributed by atoms with van der Waals surface area (Å²) in [6.45, 7) is 5.51. The number of rotatable bonds is 4. The third-order valence-electron chi connectivity index (χ3n) is 4.33. The van der Waals surface area contributed by atoms with Crippen LogP contribution in [0.2, 0.25) is 0 Å². The van der Waals surface area contributed by atoms with Crippen molar-refractivity contribution in [2.45, 2.75) is 13.5 Å². The predicted molar refractivity (Wildman–Crippen MR) is 94.9 cm³/mol. The number of aryl methyl sites for hydroxylation is 1. The summed E-state index contributed by atoms with van der Waals surface area (Å²) in [5.74, 6) is 0.848. The van der Waals surface area contributed by atoms with Gasteiger partial charge in [-0.3, -0.25) is 4.90 Å². The maximum atomic E-state index is 13.8. The van der Waals surface area contributed by atoms with Gasteiger partial charge in [-0.2, -0.15) is 4.98 Å². The SMILES string of the molecule is Cc1cc(N2CCN(Cc3cc(F)ccc3F)CC2)nc(N(C)C)n1. The van der Waals surface area contributed by atoms with Gasteiger partial charge in [0.15, 0.2) is 0 Å². The van der Waals surface area contributed by atoms with E-state index in [9.17, 15) is 8.78 Å². The highest BCUT2D eigenvalue weighted by Crippen LogP contribution is 2.19. The third-order valence-corrected chi connectivity index (χ3v) is 4.33. The topological polar surface area (TPSA) is 35.5 Å². The highest BCUT2D eigenvalue weighted by molar-refractivity contribution is 5.45. The van der Waals surface area contributed by atoms with Gasteiger partial charge >= 0.3 is 0 Å². The monoisotopic (exact) mass is 347 g/mol. The zero-order chi connectivity index (χ0) is 18.0. The number of piperazine rings is 1. The first-order valence-electron chi connectivity index (χ1n) is 8.36. The molecule has 1 aliphatic rings. The van der Waals surface area contributed by atoms with Crippen LogP contribution < -0.4 is 9.80 Å². The summed E-state index contributed by atoms with van der Waals surface area (Å²) in [6.07, 6.45) is 0. The molecular formula is C18H23F2N5. The molecule has 0 spiro atoms. The van der Waals surface area contributed by atoms with Gasteiger partial charge in [-0.25, -0.2) is 13.8 Å². The largest absolute Gasteiger partial charge is 0.354 e. The van der Waals surface area contributed by atoms with E-state index in [4.69, 9.17) is 0 Å². The molecule has 5 nitrogen and oxygen atoms in total. The van der Waals surface area contributed by atoms with Gasteiger partial charge < -0.3 is 9.80 Å². The van der Waals surface area contributed by atoms with Crippen molar-refractivity contribution < 1.29 is 8.78 Å². The van der Waals surface area contributed by atoms with Crippen LogP contribution in [0.15, 0.2) is 24.3 Å². The molecular weight excluding hydrogens is 324 g/mol. The zero-order valence-corrected chi connectivity index (χ0v) is 14.8. The molecule has 0 aliphatic carbocycles. The van der Waals surface area contributed by atoms with Gasteiger partial charge in [0.2, 0.25) is 5.95 Å². The van der Waals surface area contributed by atoms with Crippen molar-refractivity contribution in [3.63, 3.8) is 0 Å². The third kappa shape index (κ3) is 4.22. The van der Waals surface area contributed by atoms with Gasteiger partial charge in [0.1, 0.15) is 17.5 Å². The summed E-state index contributed by atoms with van der Waals surface area (Å²) >= 11 is 0. The lowest BCUT2D eigenvalue weighted by Crippen LogP contribution is -2.46. The molecule has 0 unspecified atom stereocenters. The Labute approximate surface area is 146 Å². The molecule has 0 bridgehead atoms. The van der Waals surface area contributed by atoms with Gasteiger partial charge in [-0.15, -0.1) is 0 Å². The summed E-state index contributed by atoms with van der Waals surface area (Å²) < 4.78 is 27.1. The second kappa shape index (κ2) is 7.31. The lowest BCUT2D eigenvalue weighted by atomic mass is 10.1. The lowest BCUT2D eigenvalue weighted by Gasteiger charge is -2.35. The van der Waals surface area contributed by atoms with Crippen LogP contribution >= 0.6 is 0 Å². The number of anilines is 2. The quantitative estimate of drug-likeness (QED) is 0.849. The standard InChI is InChI=1S/C18H23F2N5/c1-13-10-17(22-18(21-13)23(2)3)25-8-6-24(7-9-25)12-14-11-15(19)4-5-16(14)20/h4-5,10-11H,6-9,12H2,1-3H3. The summed E-state index contributed by atoms with van der Waals surface area (Å²) in [4.78, 5) is 15.3. The van der Waals surface area contributed by atoms with Crippen molar-refractivity contribution in [3.8, 4) is 0 Å². The average Bonchev–Trinajstić information content (AvgIpc) is 2.58. The molecule has 25 heavy (non-hydrogen) atoms. The summed E-state index contributed by atoms with van der Waals surface area (Å²) in [5, 5.41) is 0. The van der Waals surface area contributed by atoms with Crippen molar-refractivity contribution >= 4 is 11.8 Å². The number of hydrogen-bond acceptors (Lipinski definition) is 5. The minimum atomic E-state index is -0.400. The Balaban J connectivity index is 1.65. The van der Waals surface area contributed by atoms with Crippen molar-refractivity contribution in [2.24, 2.45) is 0 Å². The van der Waals surface area contributed by atoms with Crippen LogP contribution in [0, 0.1) is 18.6 Å². The van der Waals surface area contributed by atoms with Gasteiger partial charge in [0, 0.05) is 64.1 Å². The number of hydrogen-bond donors (Lipinski definition) is 0. The van der Waals surface area contributed by atoms with E-state index in [2.05, 4.69) is 19.8 Å². The zero-order valence-electron chi connectivity index (χ0n) is 14.8. The molecule has 7 heteroatoms. The first kappa shape index (κ1) is 17.5. The van der Waals surface area contributed by atoms with E-state index in [0.717, 1.165) is 43.8 Å². The molecule has 0 amide bonds. The summed E-state index contributed by atoms with van der Waals surface area (Å²) in [6, 6.07) is 5.59. The van der Waals surface area contributed by atoms with Crippen LogP contribution in [0.25, 0.3) is 0 Å². The van der Waals surface area contributed by atoms with E-state index in [0.29, 0.717) is 18.1 Å². The Morgan fingerprint density at radius 1 is 1.04 bits per heavy atom. The van der Waals surface area contributed by atoms with Crippen LogP contribution in [-0.2, 0) is 6.54 Å². The van der Waals surface area contributed by atoms with E-state index >= 15 is 0 Å². The van der Waals surface area contributed by atoms with Crippen LogP contribution in [0.1, 0.15) is 11.3 Å². The van der Waals surface area contributed by atoms with Gasteiger partial charge in [0.05, 0.1) is 0 Å². The molecule has 2 heterocycles. The molecule has 1 aliphatic heterocycles. The first-order valence-corrected chi connectivity index (χ1v) is 8.36. The molecule has 1 fully saturated rings. The second-order valence-corrected chi connectivity index (χ2v) is 6.56. The van der Waals surface area contributed by atoms with E-state index in [1.165, 1.54) is 12.1 Å². The maximum absolute atomic E-state index is 13.8. The Kier molecular flexibility index (Phi) is 5.13. The maximum Gasteiger partial charge on any atom is 0.226 e. The number of aromatic nitrogens is 2. The lowest BCUT2D eigenvalue weighted by molar-refractivity contribution is 0.245. The molecule has 0 radical (unpaired) electrons. The van der Waals surface area contributed by atoms with E-state index < -0.39 is 5.82 Å². The summed E-state index contributed by atoms with van der Waals surface area (Å²) in [5.41, 5.74) is 1.33. The molecule has 1 saturated heterocycles. The van der Waals surface area contributed by atoms with Crippen molar-refractivity contribution in [1.82, 2.24) is 14.9 Å². The predicted octanol–water partition coefficient (Wildman–Crippen LogP) is 2.45. The average molecular weight is 347 g/mol. The number of benzene rings is 1. The fourth-order valence-electron chi connectivity index (χ4n) is 2.94. The molecule has 3 rings (SSSR count). The van der Waals surface area contributed by atoms with Crippen molar-refractivity contribution in [2.75, 3.05) is 50.1 Å². The molecule has 0 atom stereocenters. The molecule has 1 aromatic heterocycles. The van der Waals surface area contributed by atoms with E-state index in [1.54, 1.807) is 0 Å². The second-order valence-electron chi connectivity index (χ2n) is 6.56. The minimum Gasteiger partial charge on any atom is -0.354 e. The van der Waals surface area contributed by atoms with Crippen molar-refractivity contribution in [1.29, 1.82) is 0 Å². The molecule has 0 N–H and O–H groups in total. The first-order chi connectivity index (χ1) is 11.9. The Bertz CT molecular complexity index is 742. The number of halogens is 2. The van der Waals surface area contributed by atoms with E-state index in [1.807, 2.05) is 32.0 Å². The Morgan fingerprint density at radius 3 is 2.44 bits per heavy atom. The van der Waals surface area contributed by atoms with Gasteiger partial charge in [0.25, 0.3) is 0 Å². The fourth-order valence-corrected chi connectivity index (χ4v) is 2.94. The molecule has 2 aromatic rings. The molecule has 1 aromatic carbocycles. The highest BCUT2D eigenvalue weighted by Gasteiger charge is 2.20. The van der Waals surface area contributed by atoms with Crippen LogP contribution in [0.3, 0.4) is 0 Å². The number of nitrogens with zero attached hydrogens (tertiary/aromatic N) is 5. The van der Waals surface area contributed by atoms with Crippen LogP contribution in [0.5, 0.6) is 0 Å². The normalized spacial score (nSPS) is 15.5. The minimum absolute atomic E-state index is 0.356. The van der Waals surface area contributed by atoms with Crippen LogP contribution in [0.4, 0.5) is 20.5 Å². The summed E-state index contributed by atoms with van der Waals surface area (Å²) in [7, 11) is 3.84. The fraction of sp³-hybridized carbons (Fsp3) is 0.444. The van der Waals surface area contributed by atoms with Gasteiger partial charge in [-0.05, 0) is 25.1 Å². The van der Waals surface area contributed by atoms with E-state index in [-0.39, 0.29) is 5.82 Å². The molecule has 134 valence electrons. The smallest absolute Gasteiger partial charge is 0.226 e. The van der Waals surface area contributed by atoms with Gasteiger partial charge in [-0.1, -0.05) is 0 Å². The Morgan fingerprint density at radius 2 is 1.76 bits per heavy atom.